The van der Waals surface area contributed by atoms with E-state index in [-0.39, 0.29) is 12.0 Å². The van der Waals surface area contributed by atoms with Crippen molar-refractivity contribution in [2.24, 2.45) is 0 Å². The third-order valence-electron chi connectivity index (χ3n) is 5.53. The van der Waals surface area contributed by atoms with E-state index >= 15 is 0 Å². The highest BCUT2D eigenvalue weighted by Gasteiger charge is 2.21. The van der Waals surface area contributed by atoms with Crippen LogP contribution in [0.15, 0.2) is 42.6 Å². The van der Waals surface area contributed by atoms with Crippen molar-refractivity contribution in [3.05, 3.63) is 60.0 Å². The first kappa shape index (κ1) is 22.0. The Morgan fingerprint density at radius 1 is 1.03 bits per heavy atom. The number of anilines is 3. The molecule has 4 aromatic rings. The average Bonchev–Trinajstić information content (AvgIpc) is 3.19. The van der Waals surface area contributed by atoms with Crippen LogP contribution in [0.2, 0.25) is 0 Å². The fourth-order valence-corrected chi connectivity index (χ4v) is 3.80. The molecule has 0 saturated carbocycles. The molecule has 1 fully saturated rings. The van der Waals surface area contributed by atoms with Gasteiger partial charge in [0.2, 0.25) is 11.9 Å². The van der Waals surface area contributed by atoms with Crippen molar-refractivity contribution in [3.8, 4) is 11.4 Å². The summed E-state index contributed by atoms with van der Waals surface area (Å²) in [6.45, 7) is 1.32. The maximum Gasteiger partial charge on any atom is 0.224 e. The number of methoxy groups -OCH3 is 1. The van der Waals surface area contributed by atoms with Crippen LogP contribution in [0.5, 0.6) is 5.75 Å². The number of halogens is 3. The molecule has 0 radical (unpaired) electrons. The molecule has 8 nitrogen and oxygen atoms in total. The highest BCUT2D eigenvalue weighted by molar-refractivity contribution is 5.79. The van der Waals surface area contributed by atoms with Crippen LogP contribution in [0.3, 0.4) is 0 Å². The zero-order valence-electron chi connectivity index (χ0n) is 18.2. The second kappa shape index (κ2) is 9.18. The van der Waals surface area contributed by atoms with Gasteiger partial charge < -0.3 is 20.1 Å². The number of imidazole rings is 1. The number of nitrogens with zero attached hydrogens (tertiary/aromatic N) is 4. The predicted molar refractivity (Wildman–Crippen MR) is 120 cm³/mol. The van der Waals surface area contributed by atoms with Gasteiger partial charge in [-0.05, 0) is 37.1 Å². The smallest absolute Gasteiger partial charge is 0.224 e. The minimum atomic E-state index is -1.08. The molecule has 34 heavy (non-hydrogen) atoms. The molecule has 0 unspecified atom stereocenters. The lowest BCUT2D eigenvalue weighted by Gasteiger charge is -2.22. The van der Waals surface area contributed by atoms with Crippen molar-refractivity contribution in [3.63, 3.8) is 0 Å². The second-order valence-electron chi connectivity index (χ2n) is 7.77. The Labute approximate surface area is 192 Å². The van der Waals surface area contributed by atoms with Crippen molar-refractivity contribution in [1.82, 2.24) is 19.5 Å². The molecule has 1 aliphatic rings. The largest absolute Gasteiger partial charge is 0.497 e. The van der Waals surface area contributed by atoms with Gasteiger partial charge in [0.25, 0.3) is 0 Å². The molecule has 3 heterocycles. The van der Waals surface area contributed by atoms with Crippen LogP contribution in [0.25, 0.3) is 16.9 Å². The summed E-state index contributed by atoms with van der Waals surface area (Å²) in [7, 11) is 1.55. The lowest BCUT2D eigenvalue weighted by molar-refractivity contribution is 0.0903. The summed E-state index contributed by atoms with van der Waals surface area (Å²) in [5.74, 6) is -2.06. The normalized spacial score (nSPS) is 14.4. The summed E-state index contributed by atoms with van der Waals surface area (Å²) < 4.78 is 54.3. The van der Waals surface area contributed by atoms with Gasteiger partial charge in [0, 0.05) is 31.4 Å². The van der Waals surface area contributed by atoms with Gasteiger partial charge in [0.1, 0.15) is 22.8 Å². The van der Waals surface area contributed by atoms with Crippen LogP contribution < -0.4 is 15.4 Å². The molecule has 0 amide bonds. The molecular weight excluding hydrogens is 449 g/mol. The number of rotatable bonds is 6. The maximum atomic E-state index is 14.4. The van der Waals surface area contributed by atoms with E-state index in [4.69, 9.17) is 9.47 Å². The molecule has 2 N–H and O–H groups in total. The molecule has 11 heteroatoms. The Bertz CT molecular complexity index is 1300. The molecule has 2 aromatic heterocycles. The maximum absolute atomic E-state index is 14.4. The van der Waals surface area contributed by atoms with Gasteiger partial charge in [-0.15, -0.1) is 0 Å². The number of aromatic nitrogens is 4. The summed E-state index contributed by atoms with van der Waals surface area (Å²) in [5, 5.41) is 5.96. The quantitative estimate of drug-likeness (QED) is 0.427. The van der Waals surface area contributed by atoms with E-state index in [0.717, 1.165) is 12.8 Å². The monoisotopic (exact) mass is 470 g/mol. The van der Waals surface area contributed by atoms with E-state index in [2.05, 4.69) is 25.6 Å². The van der Waals surface area contributed by atoms with Gasteiger partial charge in [-0.3, -0.25) is 4.57 Å². The highest BCUT2D eigenvalue weighted by atomic mass is 19.1. The minimum Gasteiger partial charge on any atom is -0.497 e. The van der Waals surface area contributed by atoms with Gasteiger partial charge in [0.05, 0.1) is 19.0 Å². The molecule has 1 saturated heterocycles. The van der Waals surface area contributed by atoms with Crippen molar-refractivity contribution in [2.45, 2.75) is 18.9 Å². The number of nitrogens with one attached hydrogen (secondary N) is 2. The SMILES string of the molecule is COc1ccc(-n2c(Nc3c(F)cc(F)cc3F)nc3cnc(NC4CCOCC4)nc32)cc1. The fraction of sp³-hybridized carbons (Fsp3) is 0.261. The molecule has 1 aliphatic heterocycles. The van der Waals surface area contributed by atoms with Crippen LogP contribution in [-0.2, 0) is 4.74 Å². The number of hydrogen-bond acceptors (Lipinski definition) is 7. The Kier molecular flexibility index (Phi) is 5.93. The van der Waals surface area contributed by atoms with Crippen molar-refractivity contribution >= 4 is 28.7 Å². The van der Waals surface area contributed by atoms with Gasteiger partial charge in [-0.25, -0.2) is 23.1 Å². The molecule has 0 aliphatic carbocycles. The first-order chi connectivity index (χ1) is 16.5. The summed E-state index contributed by atoms with van der Waals surface area (Å²) in [4.78, 5) is 13.4. The van der Waals surface area contributed by atoms with E-state index in [1.54, 1.807) is 35.9 Å². The van der Waals surface area contributed by atoms with Crippen LogP contribution in [0.4, 0.5) is 30.8 Å². The standard InChI is InChI=1S/C23H21F3N6O2/c1-33-16-4-2-15(3-5-16)32-21-19(12-27-22(31-21)28-14-6-8-34-9-7-14)29-23(32)30-20-17(25)10-13(24)11-18(20)26/h2-5,10-12,14H,6-9H2,1H3,(H,29,30)(H,27,28,31). The molecule has 0 bridgehead atoms. The molecule has 176 valence electrons. The molecule has 2 aromatic carbocycles. The van der Waals surface area contributed by atoms with Gasteiger partial charge in [-0.1, -0.05) is 0 Å². The Morgan fingerprint density at radius 2 is 1.74 bits per heavy atom. The lowest BCUT2D eigenvalue weighted by Crippen LogP contribution is -2.28. The minimum absolute atomic E-state index is 0.0853. The predicted octanol–water partition coefficient (Wildman–Crippen LogP) is 4.58. The highest BCUT2D eigenvalue weighted by Crippen LogP contribution is 2.30. The third kappa shape index (κ3) is 4.34. The van der Waals surface area contributed by atoms with Crippen molar-refractivity contribution in [1.29, 1.82) is 0 Å². The van der Waals surface area contributed by atoms with E-state index in [1.807, 2.05) is 0 Å². The topological polar surface area (TPSA) is 86.1 Å². The number of benzene rings is 2. The first-order valence-electron chi connectivity index (χ1n) is 10.7. The van der Waals surface area contributed by atoms with Crippen LogP contribution in [0, 0.1) is 17.5 Å². The van der Waals surface area contributed by atoms with Crippen LogP contribution in [0.1, 0.15) is 12.8 Å². The summed E-state index contributed by atoms with van der Waals surface area (Å²) >= 11 is 0. The summed E-state index contributed by atoms with van der Waals surface area (Å²) in [6.07, 6.45) is 3.19. The first-order valence-corrected chi connectivity index (χ1v) is 10.7. The molecule has 0 atom stereocenters. The van der Waals surface area contributed by atoms with E-state index in [9.17, 15) is 13.2 Å². The fourth-order valence-electron chi connectivity index (χ4n) is 3.80. The Morgan fingerprint density at radius 3 is 2.41 bits per heavy atom. The molecular formula is C23H21F3N6O2. The Hall–Kier alpha value is -3.86. The Balaban J connectivity index is 1.60. The molecule has 5 rings (SSSR count). The van der Waals surface area contributed by atoms with Crippen molar-refractivity contribution in [2.75, 3.05) is 31.0 Å². The van der Waals surface area contributed by atoms with Gasteiger partial charge in [0.15, 0.2) is 17.3 Å². The third-order valence-corrected chi connectivity index (χ3v) is 5.53. The van der Waals surface area contributed by atoms with E-state index in [1.165, 1.54) is 6.20 Å². The summed E-state index contributed by atoms with van der Waals surface area (Å²) in [6, 6.07) is 8.37. The zero-order valence-corrected chi connectivity index (χ0v) is 18.2. The summed E-state index contributed by atoms with van der Waals surface area (Å²) in [5.41, 5.74) is 0.906. The number of hydrogen-bond donors (Lipinski definition) is 2. The van der Waals surface area contributed by atoms with Crippen LogP contribution >= 0.6 is 0 Å². The second-order valence-corrected chi connectivity index (χ2v) is 7.77. The lowest BCUT2D eigenvalue weighted by atomic mass is 10.1. The zero-order chi connectivity index (χ0) is 23.7. The number of ether oxygens (including phenoxy) is 2. The van der Waals surface area contributed by atoms with Crippen LogP contribution in [-0.4, -0.2) is 45.9 Å². The number of fused-ring (bicyclic) bond motifs is 1. The van der Waals surface area contributed by atoms with E-state index < -0.39 is 23.1 Å². The van der Waals surface area contributed by atoms with Gasteiger partial charge in [-0.2, -0.15) is 4.98 Å². The van der Waals surface area contributed by atoms with Crippen molar-refractivity contribution < 1.29 is 22.6 Å². The van der Waals surface area contributed by atoms with Gasteiger partial charge >= 0.3 is 0 Å². The molecule has 0 spiro atoms. The average molecular weight is 470 g/mol. The van der Waals surface area contributed by atoms with E-state index in [0.29, 0.717) is 53.9 Å².